The maximum atomic E-state index is 13.1. The first kappa shape index (κ1) is 28.1. The van der Waals surface area contributed by atoms with E-state index in [0.29, 0.717) is 36.0 Å². The van der Waals surface area contributed by atoms with Crippen molar-refractivity contribution in [3.05, 3.63) is 58.1 Å². The topological polar surface area (TPSA) is 59.0 Å². The van der Waals surface area contributed by atoms with E-state index in [0.717, 1.165) is 55.4 Å². The molecule has 1 aliphatic carbocycles. The van der Waals surface area contributed by atoms with E-state index in [1.807, 2.05) is 6.92 Å². The number of likely N-dealkylation sites (tertiary alicyclic amines) is 1. The number of aryl methyl sites for hydroxylation is 1. The van der Waals surface area contributed by atoms with Crippen molar-refractivity contribution < 1.29 is 32.5 Å². The van der Waals surface area contributed by atoms with Gasteiger partial charge in [-0.3, -0.25) is 9.69 Å². The zero-order valence-corrected chi connectivity index (χ0v) is 23.0. The molecule has 1 saturated heterocycles. The van der Waals surface area contributed by atoms with Crippen LogP contribution in [0.4, 0.5) is 13.2 Å². The standard InChI is InChI=1S/C30H35ClF3NO4/c1-3-24(23-17-22(31)8-9-25(23)39-30(32,33)34)35-14-12-29(13-15-35)11-10-19-4-7-21(16-26(19)38-29)27(20-5-6-20)18(2)28(36)37/h4,7-9,16-18,20,24,27H,3,5-6,10-15H2,1-2H3,(H,36,37)/t18-,24?,27-/m0/s1. The van der Waals surface area contributed by atoms with Crippen molar-refractivity contribution in [1.29, 1.82) is 0 Å². The van der Waals surface area contributed by atoms with Crippen LogP contribution in [0.5, 0.6) is 11.5 Å². The minimum absolute atomic E-state index is 0.0211. The number of aliphatic carboxylic acids is 1. The third-order valence-electron chi connectivity index (χ3n) is 8.80. The number of benzene rings is 2. The molecule has 0 bridgehead atoms. The molecule has 2 aromatic carbocycles. The van der Waals surface area contributed by atoms with Crippen molar-refractivity contribution in [3.8, 4) is 11.5 Å². The average Bonchev–Trinajstić information content (AvgIpc) is 3.71. The normalized spacial score (nSPS) is 21.5. The lowest BCUT2D eigenvalue weighted by atomic mass is 9.80. The number of carbonyl (C=O) groups is 1. The molecular weight excluding hydrogens is 531 g/mol. The molecule has 9 heteroatoms. The molecule has 0 radical (unpaired) electrons. The number of alkyl halides is 3. The molecule has 39 heavy (non-hydrogen) atoms. The summed E-state index contributed by atoms with van der Waals surface area (Å²) in [6.45, 7) is 5.09. The van der Waals surface area contributed by atoms with Crippen LogP contribution in [0.15, 0.2) is 36.4 Å². The number of fused-ring (bicyclic) bond motifs is 1. The van der Waals surface area contributed by atoms with Gasteiger partial charge in [0.2, 0.25) is 0 Å². The Kier molecular flexibility index (Phi) is 7.81. The van der Waals surface area contributed by atoms with E-state index in [1.54, 1.807) is 13.0 Å². The molecule has 2 aromatic rings. The largest absolute Gasteiger partial charge is 0.573 e. The van der Waals surface area contributed by atoms with Crippen LogP contribution in [0.3, 0.4) is 0 Å². The second kappa shape index (κ2) is 10.8. The zero-order chi connectivity index (χ0) is 27.9. The van der Waals surface area contributed by atoms with Gasteiger partial charge in [-0.25, -0.2) is 0 Å². The number of rotatable bonds is 8. The highest BCUT2D eigenvalue weighted by Crippen LogP contribution is 2.49. The molecule has 3 atom stereocenters. The van der Waals surface area contributed by atoms with E-state index in [4.69, 9.17) is 16.3 Å². The van der Waals surface area contributed by atoms with Crippen LogP contribution in [-0.4, -0.2) is 41.0 Å². The third kappa shape index (κ3) is 6.17. The molecule has 2 aliphatic heterocycles. The van der Waals surface area contributed by atoms with Crippen LogP contribution in [0, 0.1) is 11.8 Å². The highest BCUT2D eigenvalue weighted by Gasteiger charge is 2.43. The van der Waals surface area contributed by atoms with Crippen molar-refractivity contribution in [2.24, 2.45) is 11.8 Å². The lowest BCUT2D eigenvalue weighted by Crippen LogP contribution is -2.50. The Balaban J connectivity index is 1.32. The number of carboxylic acid groups (broad SMARTS) is 1. The van der Waals surface area contributed by atoms with Gasteiger partial charge in [-0.2, -0.15) is 0 Å². The third-order valence-corrected chi connectivity index (χ3v) is 9.04. The van der Waals surface area contributed by atoms with E-state index >= 15 is 0 Å². The molecular formula is C30H35ClF3NO4. The lowest BCUT2D eigenvalue weighted by Gasteiger charge is -2.46. The summed E-state index contributed by atoms with van der Waals surface area (Å²) in [5, 5.41) is 10.1. The monoisotopic (exact) mass is 565 g/mol. The maximum absolute atomic E-state index is 13.1. The first-order valence-corrected chi connectivity index (χ1v) is 14.2. The molecule has 1 spiro atoms. The summed E-state index contributed by atoms with van der Waals surface area (Å²) >= 11 is 6.18. The average molecular weight is 566 g/mol. The fourth-order valence-corrected chi connectivity index (χ4v) is 6.75. The highest BCUT2D eigenvalue weighted by atomic mass is 35.5. The Morgan fingerprint density at radius 2 is 1.90 bits per heavy atom. The van der Waals surface area contributed by atoms with Crippen LogP contribution in [0.2, 0.25) is 5.02 Å². The highest BCUT2D eigenvalue weighted by molar-refractivity contribution is 6.30. The summed E-state index contributed by atoms with van der Waals surface area (Å²) < 4.78 is 50.3. The number of nitrogens with zero attached hydrogens (tertiary/aromatic N) is 1. The molecule has 2 heterocycles. The van der Waals surface area contributed by atoms with Gasteiger partial charge in [0, 0.05) is 29.7 Å². The molecule has 1 saturated carbocycles. The molecule has 2 fully saturated rings. The predicted octanol–water partition coefficient (Wildman–Crippen LogP) is 7.76. The Bertz CT molecular complexity index is 1210. The van der Waals surface area contributed by atoms with Crippen molar-refractivity contribution in [2.45, 2.75) is 82.7 Å². The molecule has 212 valence electrons. The minimum Gasteiger partial charge on any atom is -0.487 e. The number of carboxylic acids is 1. The van der Waals surface area contributed by atoms with Gasteiger partial charge in [-0.1, -0.05) is 37.6 Å². The summed E-state index contributed by atoms with van der Waals surface area (Å²) in [5.41, 5.74) is 2.28. The second-order valence-electron chi connectivity index (χ2n) is 11.3. The van der Waals surface area contributed by atoms with Crippen molar-refractivity contribution >= 4 is 17.6 Å². The van der Waals surface area contributed by atoms with Crippen LogP contribution < -0.4 is 9.47 Å². The van der Waals surface area contributed by atoms with Gasteiger partial charge in [0.15, 0.2) is 0 Å². The Labute approximate surface area is 232 Å². The Morgan fingerprint density at radius 1 is 1.18 bits per heavy atom. The first-order valence-electron chi connectivity index (χ1n) is 13.8. The van der Waals surface area contributed by atoms with Crippen LogP contribution in [-0.2, 0) is 11.2 Å². The maximum Gasteiger partial charge on any atom is 0.573 e. The van der Waals surface area contributed by atoms with E-state index in [9.17, 15) is 23.1 Å². The van der Waals surface area contributed by atoms with Crippen LogP contribution in [0.1, 0.15) is 81.0 Å². The van der Waals surface area contributed by atoms with E-state index < -0.39 is 18.2 Å². The Hall–Kier alpha value is -2.45. The summed E-state index contributed by atoms with van der Waals surface area (Å²) in [4.78, 5) is 14.0. The summed E-state index contributed by atoms with van der Waals surface area (Å²) in [6, 6.07) is 10.2. The summed E-state index contributed by atoms with van der Waals surface area (Å²) in [7, 11) is 0. The minimum atomic E-state index is -4.78. The molecule has 0 aromatic heterocycles. The zero-order valence-electron chi connectivity index (χ0n) is 22.3. The van der Waals surface area contributed by atoms with Gasteiger partial charge in [-0.15, -0.1) is 13.2 Å². The molecule has 1 unspecified atom stereocenters. The molecule has 0 amide bonds. The van der Waals surface area contributed by atoms with E-state index in [-0.39, 0.29) is 23.3 Å². The van der Waals surface area contributed by atoms with Gasteiger partial charge >= 0.3 is 12.3 Å². The van der Waals surface area contributed by atoms with E-state index in [1.165, 1.54) is 12.1 Å². The van der Waals surface area contributed by atoms with Crippen molar-refractivity contribution in [1.82, 2.24) is 4.90 Å². The SMILES string of the molecule is CCC(c1cc(Cl)ccc1OC(F)(F)F)N1CCC2(CCc3ccc([C@H](C4CC4)[C@H](C)C(=O)O)cc3O2)CC1. The van der Waals surface area contributed by atoms with Gasteiger partial charge in [-0.05, 0) is 92.2 Å². The molecule has 3 aliphatic rings. The van der Waals surface area contributed by atoms with Gasteiger partial charge in [0.05, 0.1) is 5.92 Å². The van der Waals surface area contributed by atoms with Gasteiger partial charge in [0.25, 0.3) is 0 Å². The summed E-state index contributed by atoms with van der Waals surface area (Å²) in [5.74, 6) is -0.220. The predicted molar refractivity (Wildman–Crippen MR) is 142 cm³/mol. The molecule has 1 N–H and O–H groups in total. The number of ether oxygens (including phenoxy) is 2. The first-order chi connectivity index (χ1) is 18.5. The van der Waals surface area contributed by atoms with Gasteiger partial charge in [0.1, 0.15) is 17.1 Å². The number of hydrogen-bond acceptors (Lipinski definition) is 4. The Morgan fingerprint density at radius 3 is 2.51 bits per heavy atom. The van der Waals surface area contributed by atoms with Crippen LogP contribution >= 0.6 is 11.6 Å². The lowest BCUT2D eigenvalue weighted by molar-refractivity contribution is -0.275. The number of halogens is 4. The van der Waals surface area contributed by atoms with Crippen LogP contribution in [0.25, 0.3) is 0 Å². The molecule has 5 nitrogen and oxygen atoms in total. The number of hydrogen-bond donors (Lipinski definition) is 1. The van der Waals surface area contributed by atoms with E-state index in [2.05, 4.69) is 27.8 Å². The molecule has 5 rings (SSSR count). The smallest absolute Gasteiger partial charge is 0.487 e. The second-order valence-corrected chi connectivity index (χ2v) is 11.8. The fourth-order valence-electron chi connectivity index (χ4n) is 6.57. The quantitative estimate of drug-likeness (QED) is 0.354. The van der Waals surface area contributed by atoms with Crippen molar-refractivity contribution in [3.63, 3.8) is 0 Å². The number of piperidine rings is 1. The van der Waals surface area contributed by atoms with Gasteiger partial charge < -0.3 is 14.6 Å². The fraction of sp³-hybridized carbons (Fsp3) is 0.567. The summed E-state index contributed by atoms with van der Waals surface area (Å²) in [6.07, 6.45) is 1.20. The van der Waals surface area contributed by atoms with Crippen molar-refractivity contribution in [2.75, 3.05) is 13.1 Å².